The normalized spacial score (nSPS) is 16.6. The zero-order valence-corrected chi connectivity index (χ0v) is 18.1. The van der Waals surface area contributed by atoms with Gasteiger partial charge in [-0.15, -0.1) is 24.8 Å². The number of nitrogens with one attached hydrogen (secondary N) is 1. The van der Waals surface area contributed by atoms with Gasteiger partial charge in [-0.25, -0.2) is 4.98 Å². The SMILES string of the molecule is COc1ccccc1N1CCN(C(=O)[C@@H](N)Cc2cnc[nH]2)CC1(C)C.Cl.Cl. The van der Waals surface area contributed by atoms with Gasteiger partial charge in [0.05, 0.1) is 30.7 Å². The first-order valence-electron chi connectivity index (χ1n) is 8.84. The number of carbonyl (C=O) groups is 1. The summed E-state index contributed by atoms with van der Waals surface area (Å²) in [5.74, 6) is 0.823. The third-order valence-electron chi connectivity index (χ3n) is 4.90. The molecule has 1 aromatic heterocycles. The quantitative estimate of drug-likeness (QED) is 0.760. The van der Waals surface area contributed by atoms with Gasteiger partial charge >= 0.3 is 0 Å². The highest BCUT2D eigenvalue weighted by Crippen LogP contribution is 2.34. The van der Waals surface area contributed by atoms with E-state index in [1.54, 1.807) is 19.6 Å². The lowest BCUT2D eigenvalue weighted by Crippen LogP contribution is -2.62. The Morgan fingerprint density at radius 3 is 2.64 bits per heavy atom. The predicted molar refractivity (Wildman–Crippen MR) is 116 cm³/mol. The molecule has 1 aliphatic heterocycles. The second-order valence-electron chi connectivity index (χ2n) is 7.28. The molecule has 1 fully saturated rings. The summed E-state index contributed by atoms with van der Waals surface area (Å²) in [6.07, 6.45) is 3.77. The second kappa shape index (κ2) is 10.0. The number of rotatable bonds is 5. The van der Waals surface area contributed by atoms with Crippen LogP contribution in [0.1, 0.15) is 19.5 Å². The smallest absolute Gasteiger partial charge is 0.240 e. The number of nitrogens with zero attached hydrogens (tertiary/aromatic N) is 3. The number of hydrogen-bond donors (Lipinski definition) is 2. The molecule has 7 nitrogen and oxygen atoms in total. The second-order valence-corrected chi connectivity index (χ2v) is 7.28. The van der Waals surface area contributed by atoms with Crippen LogP contribution in [0.25, 0.3) is 0 Å². The standard InChI is InChI=1S/C19H27N5O2.2ClH/c1-19(2)12-23(18(25)15(20)10-14-11-21-13-22-14)8-9-24(19)16-6-4-5-7-17(16)26-3;;/h4-7,11,13,15H,8-10,12,20H2,1-3H3,(H,21,22);2*1H/t15-;;/m0../s1. The Bertz CT molecular complexity index is 755. The number of benzene rings is 1. The van der Waals surface area contributed by atoms with E-state index in [-0.39, 0.29) is 36.3 Å². The van der Waals surface area contributed by atoms with Gasteiger partial charge in [-0.3, -0.25) is 4.79 Å². The lowest BCUT2D eigenvalue weighted by atomic mass is 9.96. The first-order valence-corrected chi connectivity index (χ1v) is 8.84. The summed E-state index contributed by atoms with van der Waals surface area (Å²) in [4.78, 5) is 23.9. The van der Waals surface area contributed by atoms with Crippen molar-refractivity contribution in [3.63, 3.8) is 0 Å². The van der Waals surface area contributed by atoms with Crippen molar-refractivity contribution in [1.29, 1.82) is 0 Å². The molecular weight excluding hydrogens is 401 g/mol. The molecule has 0 bridgehead atoms. The van der Waals surface area contributed by atoms with Crippen LogP contribution in [-0.4, -0.2) is 59.1 Å². The van der Waals surface area contributed by atoms with Crippen LogP contribution < -0.4 is 15.4 Å². The van der Waals surface area contributed by atoms with E-state index < -0.39 is 6.04 Å². The van der Waals surface area contributed by atoms with Gasteiger partial charge in [-0.1, -0.05) is 12.1 Å². The van der Waals surface area contributed by atoms with Gasteiger partial charge in [0.25, 0.3) is 0 Å². The number of para-hydroxylation sites is 2. The third kappa shape index (κ3) is 5.10. The van der Waals surface area contributed by atoms with Crippen LogP contribution in [0.15, 0.2) is 36.8 Å². The number of aromatic nitrogens is 2. The molecule has 2 aromatic rings. The number of halogens is 2. The number of amides is 1. The van der Waals surface area contributed by atoms with Gasteiger partial charge < -0.3 is 25.3 Å². The van der Waals surface area contributed by atoms with Crippen LogP contribution in [0.2, 0.25) is 0 Å². The number of aromatic amines is 1. The summed E-state index contributed by atoms with van der Waals surface area (Å²) in [7, 11) is 1.68. The molecule has 2 heterocycles. The molecule has 3 N–H and O–H groups in total. The van der Waals surface area contributed by atoms with E-state index in [0.717, 1.165) is 23.7 Å². The number of piperazine rings is 1. The van der Waals surface area contributed by atoms with Crippen molar-refractivity contribution in [3.8, 4) is 5.75 Å². The topological polar surface area (TPSA) is 87.5 Å². The molecule has 28 heavy (non-hydrogen) atoms. The highest BCUT2D eigenvalue weighted by atomic mass is 35.5. The van der Waals surface area contributed by atoms with Crippen molar-refractivity contribution in [1.82, 2.24) is 14.9 Å². The fourth-order valence-electron chi connectivity index (χ4n) is 3.60. The van der Waals surface area contributed by atoms with Crippen molar-refractivity contribution in [3.05, 3.63) is 42.5 Å². The Labute approximate surface area is 178 Å². The average molecular weight is 430 g/mol. The first kappa shape index (κ1) is 24.1. The van der Waals surface area contributed by atoms with Crippen molar-refractivity contribution in [2.75, 3.05) is 31.6 Å². The van der Waals surface area contributed by atoms with Gasteiger partial charge in [0.2, 0.25) is 5.91 Å². The Balaban J connectivity index is 0.00000196. The fourth-order valence-corrected chi connectivity index (χ4v) is 3.60. The number of ether oxygens (including phenoxy) is 1. The molecule has 0 spiro atoms. The predicted octanol–water partition coefficient (Wildman–Crippen LogP) is 2.26. The van der Waals surface area contributed by atoms with E-state index in [1.165, 1.54) is 0 Å². The zero-order valence-electron chi connectivity index (χ0n) is 16.4. The van der Waals surface area contributed by atoms with Crippen LogP contribution in [0.3, 0.4) is 0 Å². The molecule has 1 atom stereocenters. The lowest BCUT2D eigenvalue weighted by Gasteiger charge is -2.49. The van der Waals surface area contributed by atoms with Crippen LogP contribution in [0.4, 0.5) is 5.69 Å². The van der Waals surface area contributed by atoms with Gasteiger partial charge in [0.1, 0.15) is 5.75 Å². The number of anilines is 1. The molecule has 156 valence electrons. The van der Waals surface area contributed by atoms with Crippen molar-refractivity contribution >= 4 is 36.4 Å². The molecule has 1 aromatic carbocycles. The molecule has 3 rings (SSSR count). The van der Waals surface area contributed by atoms with Crippen molar-refractivity contribution in [2.45, 2.75) is 31.8 Å². The molecule has 0 unspecified atom stereocenters. The number of imidazole rings is 1. The maximum atomic E-state index is 12.8. The number of methoxy groups -OCH3 is 1. The molecule has 1 amide bonds. The van der Waals surface area contributed by atoms with E-state index >= 15 is 0 Å². The van der Waals surface area contributed by atoms with E-state index in [2.05, 4.69) is 34.8 Å². The number of carbonyl (C=O) groups excluding carboxylic acids is 1. The highest BCUT2D eigenvalue weighted by Gasteiger charge is 2.37. The molecule has 0 aliphatic carbocycles. The summed E-state index contributed by atoms with van der Waals surface area (Å²) in [5.41, 5.74) is 7.84. The van der Waals surface area contributed by atoms with Crippen LogP contribution in [-0.2, 0) is 11.2 Å². The maximum absolute atomic E-state index is 12.8. The molecule has 1 saturated heterocycles. The van der Waals surface area contributed by atoms with Crippen LogP contribution in [0.5, 0.6) is 5.75 Å². The summed E-state index contributed by atoms with van der Waals surface area (Å²) in [5, 5.41) is 0. The number of hydrogen-bond acceptors (Lipinski definition) is 5. The Kier molecular flexibility index (Phi) is 8.60. The Morgan fingerprint density at radius 1 is 1.32 bits per heavy atom. The zero-order chi connectivity index (χ0) is 18.7. The van der Waals surface area contributed by atoms with Crippen LogP contribution in [0, 0.1) is 0 Å². The molecule has 0 saturated carbocycles. The number of nitrogens with two attached hydrogens (primary N) is 1. The minimum absolute atomic E-state index is 0. The van der Waals surface area contributed by atoms with E-state index in [0.29, 0.717) is 19.5 Å². The summed E-state index contributed by atoms with van der Waals surface area (Å²) >= 11 is 0. The number of H-pyrrole nitrogens is 1. The van der Waals surface area contributed by atoms with Gasteiger partial charge in [-0.2, -0.15) is 0 Å². The monoisotopic (exact) mass is 429 g/mol. The van der Waals surface area contributed by atoms with E-state index in [1.807, 2.05) is 23.1 Å². The van der Waals surface area contributed by atoms with Gasteiger partial charge in [-0.05, 0) is 26.0 Å². The molecular formula is C19H29Cl2N5O2. The Morgan fingerprint density at radius 2 is 2.04 bits per heavy atom. The van der Waals surface area contributed by atoms with E-state index in [9.17, 15) is 4.79 Å². The Hall–Kier alpha value is -1.96. The van der Waals surface area contributed by atoms with Crippen LogP contribution >= 0.6 is 24.8 Å². The summed E-state index contributed by atoms with van der Waals surface area (Å²) in [6.45, 7) is 6.26. The summed E-state index contributed by atoms with van der Waals surface area (Å²) < 4.78 is 5.51. The molecule has 9 heteroatoms. The summed E-state index contributed by atoms with van der Waals surface area (Å²) in [6, 6.07) is 7.42. The molecule has 1 aliphatic rings. The minimum atomic E-state index is -0.566. The van der Waals surface area contributed by atoms with Gasteiger partial charge in [0.15, 0.2) is 0 Å². The van der Waals surface area contributed by atoms with E-state index in [4.69, 9.17) is 10.5 Å². The van der Waals surface area contributed by atoms with Crippen molar-refractivity contribution < 1.29 is 9.53 Å². The van der Waals surface area contributed by atoms with Crippen molar-refractivity contribution in [2.24, 2.45) is 5.73 Å². The fraction of sp³-hybridized carbons (Fsp3) is 0.474. The minimum Gasteiger partial charge on any atom is -0.495 e. The lowest BCUT2D eigenvalue weighted by molar-refractivity contribution is -0.134. The highest BCUT2D eigenvalue weighted by molar-refractivity contribution is 5.85. The average Bonchev–Trinajstić information content (AvgIpc) is 3.13. The maximum Gasteiger partial charge on any atom is 0.240 e. The molecule has 0 radical (unpaired) electrons. The third-order valence-corrected chi connectivity index (χ3v) is 4.90. The first-order chi connectivity index (χ1) is 12.4. The van der Waals surface area contributed by atoms with Gasteiger partial charge in [0, 0.05) is 37.9 Å². The largest absolute Gasteiger partial charge is 0.495 e.